The van der Waals surface area contributed by atoms with Crippen LogP contribution < -0.4 is 5.32 Å². The van der Waals surface area contributed by atoms with E-state index < -0.39 is 9.84 Å². The van der Waals surface area contributed by atoms with E-state index in [-0.39, 0.29) is 0 Å². The zero-order valence-electron chi connectivity index (χ0n) is 10.2. The topological polar surface area (TPSA) is 46.2 Å². The lowest BCUT2D eigenvalue weighted by atomic mass is 9.95. The molecule has 2 atom stereocenters. The smallest absolute Gasteiger partial charge is 0.150 e. The standard InChI is InChI=1S/C11H23NO2S2/c1-3-12-11(5-4-7-15-2)10-6-8-16(13,14)9-10/h10-12H,3-9H2,1-2H3. The van der Waals surface area contributed by atoms with Crippen molar-refractivity contribution in [2.24, 2.45) is 5.92 Å². The van der Waals surface area contributed by atoms with Crippen LogP contribution in [0.1, 0.15) is 26.2 Å². The monoisotopic (exact) mass is 265 g/mol. The molecule has 0 saturated carbocycles. The van der Waals surface area contributed by atoms with E-state index in [0.29, 0.717) is 23.5 Å². The molecular formula is C11H23NO2S2. The first-order valence-corrected chi connectivity index (χ1v) is 9.23. The number of hydrogen-bond acceptors (Lipinski definition) is 4. The van der Waals surface area contributed by atoms with Crippen molar-refractivity contribution in [1.82, 2.24) is 5.32 Å². The lowest BCUT2D eigenvalue weighted by Crippen LogP contribution is -2.36. The molecule has 5 heteroatoms. The summed E-state index contributed by atoms with van der Waals surface area (Å²) in [5.41, 5.74) is 0. The number of nitrogens with one attached hydrogen (secondary N) is 1. The molecule has 3 nitrogen and oxygen atoms in total. The molecule has 0 radical (unpaired) electrons. The number of rotatable bonds is 7. The summed E-state index contributed by atoms with van der Waals surface area (Å²) in [6.45, 7) is 3.02. The highest BCUT2D eigenvalue weighted by atomic mass is 32.2. The summed E-state index contributed by atoms with van der Waals surface area (Å²) in [6, 6.07) is 0.398. The van der Waals surface area contributed by atoms with Crippen molar-refractivity contribution in [3.63, 3.8) is 0 Å². The third-order valence-corrected chi connectivity index (χ3v) is 5.66. The molecule has 1 fully saturated rings. The fourth-order valence-corrected chi connectivity index (χ4v) is 4.69. The van der Waals surface area contributed by atoms with Gasteiger partial charge in [0.25, 0.3) is 0 Å². The van der Waals surface area contributed by atoms with Crippen molar-refractivity contribution in [3.8, 4) is 0 Å². The molecule has 0 aromatic carbocycles. The van der Waals surface area contributed by atoms with Crippen LogP contribution in [0.3, 0.4) is 0 Å². The Hall–Kier alpha value is 0.260. The van der Waals surface area contributed by atoms with Gasteiger partial charge in [0.05, 0.1) is 11.5 Å². The van der Waals surface area contributed by atoms with Gasteiger partial charge in [-0.3, -0.25) is 0 Å². The summed E-state index contributed by atoms with van der Waals surface area (Å²) in [7, 11) is -2.73. The SMILES string of the molecule is CCNC(CCCSC)C1CCS(=O)(=O)C1. The van der Waals surface area contributed by atoms with Crippen molar-refractivity contribution in [1.29, 1.82) is 0 Å². The molecular weight excluding hydrogens is 242 g/mol. The highest BCUT2D eigenvalue weighted by molar-refractivity contribution is 7.98. The maximum atomic E-state index is 11.4. The van der Waals surface area contributed by atoms with Gasteiger partial charge in [-0.15, -0.1) is 0 Å². The quantitative estimate of drug-likeness (QED) is 0.709. The van der Waals surface area contributed by atoms with Crippen molar-refractivity contribution in [3.05, 3.63) is 0 Å². The Bertz CT molecular complexity index is 290. The van der Waals surface area contributed by atoms with Gasteiger partial charge in [-0.25, -0.2) is 8.42 Å². The minimum absolute atomic E-state index is 0.340. The molecule has 2 unspecified atom stereocenters. The van der Waals surface area contributed by atoms with Crippen molar-refractivity contribution in [2.75, 3.05) is 30.1 Å². The van der Waals surface area contributed by atoms with Gasteiger partial charge in [0, 0.05) is 6.04 Å². The highest BCUT2D eigenvalue weighted by Gasteiger charge is 2.32. The average Bonchev–Trinajstić information content (AvgIpc) is 2.58. The predicted molar refractivity (Wildman–Crippen MR) is 71.8 cm³/mol. The lowest BCUT2D eigenvalue weighted by molar-refractivity contribution is 0.366. The molecule has 1 aliphatic rings. The Kier molecular flexibility index (Phi) is 6.15. The van der Waals surface area contributed by atoms with Gasteiger partial charge in [-0.1, -0.05) is 6.92 Å². The predicted octanol–water partition coefficient (Wildman–Crippen LogP) is 1.54. The first kappa shape index (κ1) is 14.3. The zero-order chi connectivity index (χ0) is 12.0. The van der Waals surface area contributed by atoms with E-state index >= 15 is 0 Å². The Morgan fingerprint density at radius 3 is 2.75 bits per heavy atom. The first-order valence-electron chi connectivity index (χ1n) is 6.02. The molecule has 1 rings (SSSR count). The molecule has 96 valence electrons. The largest absolute Gasteiger partial charge is 0.314 e. The van der Waals surface area contributed by atoms with E-state index in [1.807, 2.05) is 11.8 Å². The molecule has 0 aliphatic carbocycles. The molecule has 0 spiro atoms. The van der Waals surface area contributed by atoms with Crippen molar-refractivity contribution < 1.29 is 8.42 Å². The van der Waals surface area contributed by atoms with Crippen LogP contribution in [0.2, 0.25) is 0 Å². The average molecular weight is 265 g/mol. The van der Waals surface area contributed by atoms with E-state index in [1.54, 1.807) is 0 Å². The second-order valence-electron chi connectivity index (χ2n) is 4.46. The minimum Gasteiger partial charge on any atom is -0.314 e. The number of hydrogen-bond donors (Lipinski definition) is 1. The molecule has 16 heavy (non-hydrogen) atoms. The van der Waals surface area contributed by atoms with Gasteiger partial charge < -0.3 is 5.32 Å². The van der Waals surface area contributed by atoms with E-state index in [0.717, 1.165) is 19.4 Å². The lowest BCUT2D eigenvalue weighted by Gasteiger charge is -2.23. The second kappa shape index (κ2) is 6.87. The second-order valence-corrected chi connectivity index (χ2v) is 7.68. The summed E-state index contributed by atoms with van der Waals surface area (Å²) in [5, 5.41) is 3.45. The van der Waals surface area contributed by atoms with Gasteiger partial charge in [0.1, 0.15) is 0 Å². The van der Waals surface area contributed by atoms with Crippen LogP contribution in [0.5, 0.6) is 0 Å². The maximum absolute atomic E-state index is 11.4. The molecule has 1 N–H and O–H groups in total. The van der Waals surface area contributed by atoms with E-state index in [4.69, 9.17) is 0 Å². The summed E-state index contributed by atoms with van der Waals surface area (Å²) in [6.07, 6.45) is 5.24. The Morgan fingerprint density at radius 2 is 2.25 bits per heavy atom. The molecule has 0 aromatic rings. The van der Waals surface area contributed by atoms with E-state index in [9.17, 15) is 8.42 Å². The first-order chi connectivity index (χ1) is 7.59. The molecule has 1 heterocycles. The van der Waals surface area contributed by atoms with Gasteiger partial charge in [-0.2, -0.15) is 11.8 Å². The maximum Gasteiger partial charge on any atom is 0.150 e. The molecule has 0 aromatic heterocycles. The fraction of sp³-hybridized carbons (Fsp3) is 1.00. The fourth-order valence-electron chi connectivity index (χ4n) is 2.36. The molecule has 0 bridgehead atoms. The van der Waals surface area contributed by atoms with Gasteiger partial charge in [-0.05, 0) is 43.7 Å². The van der Waals surface area contributed by atoms with Crippen LogP contribution >= 0.6 is 11.8 Å². The third kappa shape index (κ3) is 4.63. The van der Waals surface area contributed by atoms with Crippen molar-refractivity contribution in [2.45, 2.75) is 32.2 Å². The van der Waals surface area contributed by atoms with Crippen LogP contribution in [-0.2, 0) is 9.84 Å². The van der Waals surface area contributed by atoms with Crippen LogP contribution in [-0.4, -0.2) is 44.5 Å². The Balaban J connectivity index is 2.43. The van der Waals surface area contributed by atoms with Crippen LogP contribution in [0, 0.1) is 5.92 Å². The van der Waals surface area contributed by atoms with Gasteiger partial charge in [0.2, 0.25) is 0 Å². The summed E-state index contributed by atoms with van der Waals surface area (Å²) in [5.74, 6) is 2.29. The summed E-state index contributed by atoms with van der Waals surface area (Å²) >= 11 is 1.86. The number of sulfone groups is 1. The summed E-state index contributed by atoms with van der Waals surface area (Å²) < 4.78 is 22.9. The van der Waals surface area contributed by atoms with Gasteiger partial charge in [0.15, 0.2) is 9.84 Å². The Morgan fingerprint density at radius 1 is 1.50 bits per heavy atom. The van der Waals surface area contributed by atoms with Crippen molar-refractivity contribution >= 4 is 21.6 Å². The van der Waals surface area contributed by atoms with Crippen LogP contribution in [0.4, 0.5) is 0 Å². The van der Waals surface area contributed by atoms with Gasteiger partial charge >= 0.3 is 0 Å². The normalized spacial score (nSPS) is 25.8. The third-order valence-electron chi connectivity index (χ3n) is 3.17. The van der Waals surface area contributed by atoms with E-state index in [1.165, 1.54) is 12.2 Å². The summed E-state index contributed by atoms with van der Waals surface area (Å²) in [4.78, 5) is 0. The Labute approximate surface area is 104 Å². The van der Waals surface area contributed by atoms with Crippen LogP contribution in [0.15, 0.2) is 0 Å². The minimum atomic E-state index is -2.73. The molecule has 0 amide bonds. The molecule has 1 saturated heterocycles. The highest BCUT2D eigenvalue weighted by Crippen LogP contribution is 2.24. The zero-order valence-corrected chi connectivity index (χ0v) is 11.9. The van der Waals surface area contributed by atoms with Crippen LogP contribution in [0.25, 0.3) is 0 Å². The molecule has 1 aliphatic heterocycles. The number of thioether (sulfide) groups is 1. The van der Waals surface area contributed by atoms with E-state index in [2.05, 4.69) is 18.5 Å².